The van der Waals surface area contributed by atoms with Crippen LogP contribution >= 0.6 is 0 Å². The largest absolute Gasteiger partial charge is 0.310 e. The second-order valence-corrected chi connectivity index (χ2v) is 16.5. The third-order valence-corrected chi connectivity index (χ3v) is 12.5. The first kappa shape index (κ1) is 41.5. The van der Waals surface area contributed by atoms with Crippen LogP contribution in [0.2, 0.25) is 0 Å². The summed E-state index contributed by atoms with van der Waals surface area (Å²) in [6.07, 6.45) is 9.51. The van der Waals surface area contributed by atoms with Crippen molar-refractivity contribution in [2.24, 2.45) is 0 Å². The number of aryl methyl sites for hydroxylation is 1. The number of fused-ring (bicyclic) bond motifs is 5. The van der Waals surface area contributed by atoms with Crippen LogP contribution in [-0.4, -0.2) is 4.57 Å². The third-order valence-electron chi connectivity index (χ3n) is 12.5. The molecule has 0 saturated heterocycles. The predicted octanol–water partition coefficient (Wildman–Crippen LogP) is 18.2. The predicted molar refractivity (Wildman–Crippen MR) is 286 cm³/mol. The SMILES string of the molecule is C=C/C=C\C=C/C.Cc1ccccc1-c1ccc(-c2c3ccccc3c(-c3ccc(-n4c5ccccc5c5cc(N(c6ccccc6)c6ccccc6)ccc54)cc3)c3ccccc23)cc1. The van der Waals surface area contributed by atoms with Gasteiger partial charge in [0.15, 0.2) is 0 Å². The van der Waals surface area contributed by atoms with Gasteiger partial charge in [0, 0.05) is 33.5 Å². The molecular weight excluding hydrogens is 797 g/mol. The van der Waals surface area contributed by atoms with Crippen molar-refractivity contribution in [2.45, 2.75) is 13.8 Å². The van der Waals surface area contributed by atoms with Crippen molar-refractivity contribution in [2.75, 3.05) is 4.90 Å². The molecule has 10 aromatic carbocycles. The molecule has 0 spiro atoms. The van der Waals surface area contributed by atoms with E-state index in [9.17, 15) is 0 Å². The van der Waals surface area contributed by atoms with E-state index in [1.165, 1.54) is 82.3 Å². The molecule has 0 N–H and O–H groups in total. The van der Waals surface area contributed by atoms with Crippen LogP contribution in [0.4, 0.5) is 17.1 Å². The Morgan fingerprint density at radius 2 is 0.864 bits per heavy atom. The van der Waals surface area contributed by atoms with Crippen molar-refractivity contribution in [3.05, 3.63) is 267 Å². The Morgan fingerprint density at radius 1 is 0.394 bits per heavy atom. The lowest BCUT2D eigenvalue weighted by atomic mass is 9.85. The number of anilines is 3. The van der Waals surface area contributed by atoms with Crippen LogP contribution in [0, 0.1) is 6.92 Å². The van der Waals surface area contributed by atoms with E-state index in [1.54, 1.807) is 6.08 Å². The zero-order chi connectivity index (χ0) is 44.8. The van der Waals surface area contributed by atoms with Gasteiger partial charge in [-0.05, 0) is 135 Å². The number of hydrogen-bond donors (Lipinski definition) is 0. The van der Waals surface area contributed by atoms with Gasteiger partial charge in [0.2, 0.25) is 0 Å². The third kappa shape index (κ3) is 7.91. The van der Waals surface area contributed by atoms with Crippen molar-refractivity contribution >= 4 is 60.4 Å². The van der Waals surface area contributed by atoms with Crippen LogP contribution in [0.5, 0.6) is 0 Å². The maximum atomic E-state index is 3.51. The van der Waals surface area contributed by atoms with E-state index >= 15 is 0 Å². The van der Waals surface area contributed by atoms with Crippen LogP contribution in [-0.2, 0) is 0 Å². The van der Waals surface area contributed by atoms with E-state index in [1.807, 2.05) is 31.2 Å². The zero-order valence-corrected chi connectivity index (χ0v) is 37.4. The van der Waals surface area contributed by atoms with E-state index in [0.29, 0.717) is 0 Å². The Bertz CT molecular complexity index is 3440. The van der Waals surface area contributed by atoms with Crippen LogP contribution < -0.4 is 4.90 Å². The van der Waals surface area contributed by atoms with Crippen molar-refractivity contribution in [3.8, 4) is 39.1 Å². The van der Waals surface area contributed by atoms with Crippen molar-refractivity contribution in [1.29, 1.82) is 0 Å². The summed E-state index contributed by atoms with van der Waals surface area (Å²) in [7, 11) is 0. The summed E-state index contributed by atoms with van der Waals surface area (Å²) in [4.78, 5) is 2.33. The number of aromatic nitrogens is 1. The summed E-state index contributed by atoms with van der Waals surface area (Å²) in [5.74, 6) is 0. The lowest BCUT2D eigenvalue weighted by Gasteiger charge is -2.25. The minimum absolute atomic E-state index is 1.12. The Balaban J connectivity index is 0.000000679. The first-order valence-corrected chi connectivity index (χ1v) is 22.7. The van der Waals surface area contributed by atoms with Crippen LogP contribution in [0.25, 0.3) is 82.4 Å². The van der Waals surface area contributed by atoms with Gasteiger partial charge in [-0.3, -0.25) is 0 Å². The van der Waals surface area contributed by atoms with Crippen LogP contribution in [0.1, 0.15) is 12.5 Å². The second-order valence-electron chi connectivity index (χ2n) is 16.5. The zero-order valence-electron chi connectivity index (χ0n) is 37.4. The van der Waals surface area contributed by atoms with E-state index < -0.39 is 0 Å². The summed E-state index contributed by atoms with van der Waals surface area (Å²) in [5, 5.41) is 7.47. The van der Waals surface area contributed by atoms with E-state index in [0.717, 1.165) is 22.7 Å². The Morgan fingerprint density at radius 3 is 1.41 bits per heavy atom. The lowest BCUT2D eigenvalue weighted by Crippen LogP contribution is -2.09. The van der Waals surface area contributed by atoms with Gasteiger partial charge in [-0.15, -0.1) is 0 Å². The molecule has 0 bridgehead atoms. The number of nitrogens with zero attached hydrogens (tertiary/aromatic N) is 2. The van der Waals surface area contributed by atoms with Gasteiger partial charge in [-0.1, -0.05) is 201 Å². The van der Waals surface area contributed by atoms with Crippen molar-refractivity contribution in [3.63, 3.8) is 0 Å². The minimum Gasteiger partial charge on any atom is -0.310 e. The quantitative estimate of drug-likeness (QED) is 0.104. The molecule has 0 aliphatic rings. The van der Waals surface area contributed by atoms with Gasteiger partial charge >= 0.3 is 0 Å². The summed E-state index contributed by atoms with van der Waals surface area (Å²) < 4.78 is 2.41. The summed E-state index contributed by atoms with van der Waals surface area (Å²) in [5.41, 5.74) is 15.6. The number of allylic oxidation sites excluding steroid dienone is 5. The molecule has 0 radical (unpaired) electrons. The average Bonchev–Trinajstić information content (AvgIpc) is 3.71. The number of para-hydroxylation sites is 3. The molecule has 66 heavy (non-hydrogen) atoms. The highest BCUT2D eigenvalue weighted by molar-refractivity contribution is 6.21. The Kier molecular flexibility index (Phi) is 11.8. The fraction of sp³-hybridized carbons (Fsp3) is 0.0312. The number of benzene rings is 10. The van der Waals surface area contributed by atoms with Gasteiger partial charge in [-0.25, -0.2) is 0 Å². The highest BCUT2D eigenvalue weighted by Crippen LogP contribution is 2.45. The molecule has 1 aromatic heterocycles. The van der Waals surface area contributed by atoms with Crippen LogP contribution in [0.3, 0.4) is 0 Å². The first-order valence-electron chi connectivity index (χ1n) is 22.7. The van der Waals surface area contributed by atoms with Gasteiger partial charge in [-0.2, -0.15) is 0 Å². The molecular formula is C64H50N2. The fourth-order valence-corrected chi connectivity index (χ4v) is 9.47. The molecule has 2 nitrogen and oxygen atoms in total. The first-order chi connectivity index (χ1) is 32.6. The normalized spacial score (nSPS) is 11.4. The summed E-state index contributed by atoms with van der Waals surface area (Å²) >= 11 is 0. The van der Waals surface area contributed by atoms with E-state index in [2.05, 4.69) is 247 Å². The van der Waals surface area contributed by atoms with Gasteiger partial charge in [0.25, 0.3) is 0 Å². The number of rotatable bonds is 9. The Labute approximate surface area is 388 Å². The second kappa shape index (κ2) is 18.7. The maximum Gasteiger partial charge on any atom is 0.0542 e. The molecule has 0 saturated carbocycles. The Hall–Kier alpha value is -8.46. The van der Waals surface area contributed by atoms with Gasteiger partial charge < -0.3 is 9.47 Å². The van der Waals surface area contributed by atoms with Gasteiger partial charge in [0.1, 0.15) is 0 Å². The molecule has 11 rings (SSSR count). The topological polar surface area (TPSA) is 8.17 Å². The summed E-state index contributed by atoms with van der Waals surface area (Å²) in [6, 6.07) is 81.6. The molecule has 11 aromatic rings. The van der Waals surface area contributed by atoms with Crippen LogP contribution in [0.15, 0.2) is 261 Å². The standard InChI is InChI=1S/C57H40N2.C7H10/c1-39-16-8-9-21-47(39)40-28-30-41(31-29-40)56-49-23-10-12-25-51(49)57(52-26-13-11-24-50(52)56)42-32-34-45(35-33-42)59-54-27-15-14-22-48(54)53-38-46(36-37-55(53)59)58(43-17-4-2-5-18-43)44-19-6-3-7-20-44;1-3-5-7-6-4-2/h2-38H,1H3;3-7H,1H2,2H3/b;6-4-,7-5-. The molecule has 0 aliphatic heterocycles. The molecule has 1 heterocycles. The number of hydrogen-bond acceptors (Lipinski definition) is 1. The lowest BCUT2D eigenvalue weighted by molar-refractivity contribution is 1.18. The van der Waals surface area contributed by atoms with E-state index in [4.69, 9.17) is 0 Å². The van der Waals surface area contributed by atoms with Crippen molar-refractivity contribution in [1.82, 2.24) is 4.57 Å². The highest BCUT2D eigenvalue weighted by atomic mass is 15.1. The molecule has 0 fully saturated rings. The average molecular weight is 847 g/mol. The van der Waals surface area contributed by atoms with Crippen molar-refractivity contribution < 1.29 is 0 Å². The molecule has 0 amide bonds. The van der Waals surface area contributed by atoms with E-state index in [-0.39, 0.29) is 0 Å². The molecule has 0 aliphatic carbocycles. The minimum atomic E-state index is 1.12. The molecule has 0 atom stereocenters. The van der Waals surface area contributed by atoms with Gasteiger partial charge in [0.05, 0.1) is 11.0 Å². The molecule has 2 heteroatoms. The fourth-order valence-electron chi connectivity index (χ4n) is 9.47. The highest BCUT2D eigenvalue weighted by Gasteiger charge is 2.19. The maximum absolute atomic E-state index is 3.51. The molecule has 316 valence electrons. The molecule has 0 unspecified atom stereocenters. The smallest absolute Gasteiger partial charge is 0.0542 e. The summed E-state index contributed by atoms with van der Waals surface area (Å²) in [6.45, 7) is 7.67. The monoisotopic (exact) mass is 846 g/mol.